The minimum absolute atomic E-state index is 0.0827. The van der Waals surface area contributed by atoms with Gasteiger partial charge >= 0.3 is 0 Å². The van der Waals surface area contributed by atoms with Crippen LogP contribution in [0.2, 0.25) is 0 Å². The number of aromatic nitrogens is 2. The standard InChI is InChI=1S/C11H18N2O2/c1-5-8(4)15-10-6-9(14)12-11(13-10)7(2)3/h6-8H,5H2,1-4H3,(H,12,13,14). The third-order valence-corrected chi connectivity index (χ3v) is 2.18. The van der Waals surface area contributed by atoms with Crippen LogP contribution in [-0.4, -0.2) is 16.1 Å². The van der Waals surface area contributed by atoms with Crippen molar-refractivity contribution in [1.82, 2.24) is 9.97 Å². The second-order valence-electron chi connectivity index (χ2n) is 3.96. The van der Waals surface area contributed by atoms with Crippen LogP contribution in [-0.2, 0) is 0 Å². The molecule has 0 fully saturated rings. The lowest BCUT2D eigenvalue weighted by atomic mass is 10.2. The average Bonchev–Trinajstić information content (AvgIpc) is 2.16. The van der Waals surface area contributed by atoms with Crippen molar-refractivity contribution in [1.29, 1.82) is 0 Å². The summed E-state index contributed by atoms with van der Waals surface area (Å²) in [6, 6.07) is 1.39. The first-order valence-electron chi connectivity index (χ1n) is 5.30. The number of hydrogen-bond acceptors (Lipinski definition) is 3. The van der Waals surface area contributed by atoms with E-state index in [0.29, 0.717) is 11.7 Å². The van der Waals surface area contributed by atoms with Crippen LogP contribution in [0, 0.1) is 0 Å². The van der Waals surface area contributed by atoms with E-state index in [-0.39, 0.29) is 17.6 Å². The molecule has 0 spiro atoms. The number of hydrogen-bond donors (Lipinski definition) is 1. The maximum absolute atomic E-state index is 11.3. The number of nitrogens with zero attached hydrogens (tertiary/aromatic N) is 1. The molecule has 84 valence electrons. The van der Waals surface area contributed by atoms with Gasteiger partial charge in [-0.25, -0.2) is 0 Å². The predicted molar refractivity (Wildman–Crippen MR) is 59.3 cm³/mol. The lowest BCUT2D eigenvalue weighted by Crippen LogP contribution is -2.17. The van der Waals surface area contributed by atoms with Gasteiger partial charge < -0.3 is 9.72 Å². The van der Waals surface area contributed by atoms with Gasteiger partial charge in [-0.05, 0) is 13.3 Å². The highest BCUT2D eigenvalue weighted by molar-refractivity contribution is 5.10. The molecule has 1 rings (SSSR count). The largest absolute Gasteiger partial charge is 0.474 e. The van der Waals surface area contributed by atoms with Crippen molar-refractivity contribution < 1.29 is 4.74 Å². The molecule has 0 aromatic carbocycles. The number of H-pyrrole nitrogens is 1. The summed E-state index contributed by atoms with van der Waals surface area (Å²) < 4.78 is 5.50. The minimum atomic E-state index is -0.160. The smallest absolute Gasteiger partial charge is 0.254 e. The van der Waals surface area contributed by atoms with Gasteiger partial charge in [0.05, 0.1) is 12.2 Å². The summed E-state index contributed by atoms with van der Waals surface area (Å²) in [5, 5.41) is 0. The molecule has 0 amide bonds. The second-order valence-corrected chi connectivity index (χ2v) is 3.96. The maximum Gasteiger partial charge on any atom is 0.254 e. The first-order chi connectivity index (χ1) is 7.02. The van der Waals surface area contributed by atoms with Crippen LogP contribution in [0.4, 0.5) is 0 Å². The topological polar surface area (TPSA) is 55.0 Å². The van der Waals surface area contributed by atoms with E-state index in [4.69, 9.17) is 4.74 Å². The fourth-order valence-corrected chi connectivity index (χ4v) is 1.08. The first-order valence-corrected chi connectivity index (χ1v) is 5.30. The van der Waals surface area contributed by atoms with Crippen LogP contribution in [0.3, 0.4) is 0 Å². The molecular weight excluding hydrogens is 192 g/mol. The van der Waals surface area contributed by atoms with E-state index < -0.39 is 0 Å². The van der Waals surface area contributed by atoms with Gasteiger partial charge in [0.1, 0.15) is 5.82 Å². The second kappa shape index (κ2) is 4.96. The summed E-state index contributed by atoms with van der Waals surface area (Å²) in [6.45, 7) is 7.94. The van der Waals surface area contributed by atoms with Gasteiger partial charge in [-0.3, -0.25) is 4.79 Å². The Morgan fingerprint density at radius 1 is 1.47 bits per heavy atom. The molecule has 1 heterocycles. The molecule has 1 aromatic heterocycles. The molecule has 1 unspecified atom stereocenters. The van der Waals surface area contributed by atoms with E-state index in [2.05, 4.69) is 9.97 Å². The predicted octanol–water partition coefficient (Wildman–Crippen LogP) is 2.07. The number of nitrogens with one attached hydrogen (secondary N) is 1. The van der Waals surface area contributed by atoms with Crippen LogP contribution < -0.4 is 10.3 Å². The van der Waals surface area contributed by atoms with E-state index in [1.165, 1.54) is 6.07 Å². The fourth-order valence-electron chi connectivity index (χ4n) is 1.08. The number of aromatic amines is 1. The summed E-state index contributed by atoms with van der Waals surface area (Å²) in [6.07, 6.45) is 0.977. The zero-order valence-corrected chi connectivity index (χ0v) is 9.70. The molecule has 1 atom stereocenters. The molecule has 4 nitrogen and oxygen atoms in total. The Morgan fingerprint density at radius 3 is 2.67 bits per heavy atom. The number of rotatable bonds is 4. The Bertz CT molecular complexity index is 371. The highest BCUT2D eigenvalue weighted by Gasteiger charge is 2.07. The van der Waals surface area contributed by atoms with Gasteiger partial charge in [0.2, 0.25) is 5.88 Å². The van der Waals surface area contributed by atoms with Crippen LogP contribution >= 0.6 is 0 Å². The van der Waals surface area contributed by atoms with Crippen molar-refractivity contribution in [2.24, 2.45) is 0 Å². The molecule has 1 N–H and O–H groups in total. The molecule has 0 aliphatic rings. The molecule has 1 aromatic rings. The molecule has 0 radical (unpaired) electrons. The zero-order valence-electron chi connectivity index (χ0n) is 9.70. The molecule has 0 bridgehead atoms. The van der Waals surface area contributed by atoms with Crippen LogP contribution in [0.15, 0.2) is 10.9 Å². The van der Waals surface area contributed by atoms with E-state index in [1.807, 2.05) is 27.7 Å². The van der Waals surface area contributed by atoms with E-state index in [9.17, 15) is 4.79 Å². The Balaban J connectivity index is 2.94. The summed E-state index contributed by atoms with van der Waals surface area (Å²) in [7, 11) is 0. The third-order valence-electron chi connectivity index (χ3n) is 2.18. The fraction of sp³-hybridized carbons (Fsp3) is 0.636. The summed E-state index contributed by atoms with van der Waals surface area (Å²) in [4.78, 5) is 18.2. The first kappa shape index (κ1) is 11.8. The monoisotopic (exact) mass is 210 g/mol. The van der Waals surface area contributed by atoms with Crippen molar-refractivity contribution in [3.63, 3.8) is 0 Å². The molecule has 0 saturated carbocycles. The van der Waals surface area contributed by atoms with E-state index >= 15 is 0 Å². The molecule has 0 saturated heterocycles. The van der Waals surface area contributed by atoms with Crippen LogP contribution in [0.1, 0.15) is 45.9 Å². The van der Waals surface area contributed by atoms with Crippen LogP contribution in [0.5, 0.6) is 5.88 Å². The Kier molecular flexibility index (Phi) is 3.88. The maximum atomic E-state index is 11.3. The van der Waals surface area contributed by atoms with Crippen LogP contribution in [0.25, 0.3) is 0 Å². The Labute approximate surface area is 89.7 Å². The van der Waals surface area contributed by atoms with Gasteiger partial charge in [0, 0.05) is 5.92 Å². The zero-order chi connectivity index (χ0) is 11.4. The van der Waals surface area contributed by atoms with Crippen molar-refractivity contribution in [2.75, 3.05) is 0 Å². The molecular formula is C11H18N2O2. The van der Waals surface area contributed by atoms with Crippen molar-refractivity contribution in [2.45, 2.75) is 46.1 Å². The van der Waals surface area contributed by atoms with Gasteiger partial charge in [0.25, 0.3) is 5.56 Å². The molecule has 0 aliphatic carbocycles. The SMILES string of the molecule is CCC(C)Oc1cc(=O)[nH]c(C(C)C)n1. The van der Waals surface area contributed by atoms with Crippen molar-refractivity contribution in [3.05, 3.63) is 22.2 Å². The van der Waals surface area contributed by atoms with E-state index in [1.54, 1.807) is 0 Å². The van der Waals surface area contributed by atoms with Crippen molar-refractivity contribution in [3.8, 4) is 5.88 Å². The normalized spacial score (nSPS) is 12.9. The Hall–Kier alpha value is -1.32. The summed E-state index contributed by atoms with van der Waals surface area (Å²) in [5.41, 5.74) is -0.160. The van der Waals surface area contributed by atoms with Gasteiger partial charge in [-0.15, -0.1) is 0 Å². The lowest BCUT2D eigenvalue weighted by molar-refractivity contribution is 0.207. The molecule has 0 aliphatic heterocycles. The highest BCUT2D eigenvalue weighted by Crippen LogP contribution is 2.12. The van der Waals surface area contributed by atoms with E-state index in [0.717, 1.165) is 6.42 Å². The quantitative estimate of drug-likeness (QED) is 0.827. The minimum Gasteiger partial charge on any atom is -0.474 e. The van der Waals surface area contributed by atoms with Gasteiger partial charge in [0.15, 0.2) is 0 Å². The third kappa shape index (κ3) is 3.38. The summed E-state index contributed by atoms with van der Waals surface area (Å²) >= 11 is 0. The average molecular weight is 210 g/mol. The lowest BCUT2D eigenvalue weighted by Gasteiger charge is -2.12. The molecule has 4 heteroatoms. The van der Waals surface area contributed by atoms with Crippen molar-refractivity contribution >= 4 is 0 Å². The Morgan fingerprint density at radius 2 is 2.13 bits per heavy atom. The number of ether oxygens (including phenoxy) is 1. The summed E-state index contributed by atoms with van der Waals surface area (Å²) in [5.74, 6) is 1.27. The highest BCUT2D eigenvalue weighted by atomic mass is 16.5. The molecule has 15 heavy (non-hydrogen) atoms. The van der Waals surface area contributed by atoms with Gasteiger partial charge in [-0.2, -0.15) is 4.98 Å². The van der Waals surface area contributed by atoms with Gasteiger partial charge in [-0.1, -0.05) is 20.8 Å².